The van der Waals surface area contributed by atoms with Crippen molar-refractivity contribution in [1.82, 2.24) is 0 Å². The third-order valence-corrected chi connectivity index (χ3v) is 4.80. The highest BCUT2D eigenvalue weighted by atomic mass is 14.7. The number of hydrogen-bond donors (Lipinski definition) is 1. The lowest BCUT2D eigenvalue weighted by molar-refractivity contribution is 0.199. The third kappa shape index (κ3) is 4.99. The molecule has 0 aromatic carbocycles. The summed E-state index contributed by atoms with van der Waals surface area (Å²) in [5.41, 5.74) is 6.42. The van der Waals surface area contributed by atoms with Crippen LogP contribution in [0.25, 0.3) is 0 Å². The molecule has 1 fully saturated rings. The van der Waals surface area contributed by atoms with Crippen LogP contribution in [0.3, 0.4) is 0 Å². The smallest absolute Gasteiger partial charge is 0.00929 e. The van der Waals surface area contributed by atoms with Gasteiger partial charge in [-0.15, -0.1) is 0 Å². The van der Waals surface area contributed by atoms with Crippen LogP contribution in [0, 0.1) is 17.8 Å². The van der Waals surface area contributed by atoms with E-state index in [1.807, 2.05) is 0 Å². The fourth-order valence-electron chi connectivity index (χ4n) is 3.47. The Morgan fingerprint density at radius 2 is 1.71 bits per heavy atom. The van der Waals surface area contributed by atoms with Gasteiger partial charge >= 0.3 is 0 Å². The second-order valence-electron chi connectivity index (χ2n) is 6.27. The van der Waals surface area contributed by atoms with Gasteiger partial charge in [-0.25, -0.2) is 0 Å². The van der Waals surface area contributed by atoms with Gasteiger partial charge in [0.2, 0.25) is 0 Å². The van der Waals surface area contributed by atoms with E-state index in [1.54, 1.807) is 0 Å². The first-order chi connectivity index (χ1) is 8.19. The Hall–Kier alpha value is -0.0400. The van der Waals surface area contributed by atoms with Crippen LogP contribution in [-0.4, -0.2) is 6.04 Å². The molecule has 2 unspecified atom stereocenters. The molecule has 1 aliphatic rings. The molecule has 1 rings (SSSR count). The molecule has 0 saturated heterocycles. The van der Waals surface area contributed by atoms with Crippen molar-refractivity contribution in [2.45, 2.75) is 84.6 Å². The topological polar surface area (TPSA) is 26.0 Å². The number of rotatable bonds is 7. The van der Waals surface area contributed by atoms with Crippen molar-refractivity contribution in [3.63, 3.8) is 0 Å². The van der Waals surface area contributed by atoms with E-state index >= 15 is 0 Å². The summed E-state index contributed by atoms with van der Waals surface area (Å²) in [6.07, 6.45) is 12.5. The average molecular weight is 239 g/mol. The molecule has 0 aliphatic heterocycles. The van der Waals surface area contributed by atoms with Crippen LogP contribution >= 0.6 is 0 Å². The first-order valence-electron chi connectivity index (χ1n) is 7.94. The predicted molar refractivity (Wildman–Crippen MR) is 77.0 cm³/mol. The molecule has 2 N–H and O–H groups in total. The Labute approximate surface area is 109 Å². The van der Waals surface area contributed by atoms with E-state index in [2.05, 4.69) is 20.8 Å². The molecule has 1 heteroatoms. The summed E-state index contributed by atoms with van der Waals surface area (Å²) >= 11 is 0. The highest BCUT2D eigenvalue weighted by Crippen LogP contribution is 2.35. The van der Waals surface area contributed by atoms with Crippen molar-refractivity contribution in [3.8, 4) is 0 Å². The highest BCUT2D eigenvalue weighted by Gasteiger charge is 2.27. The number of nitrogens with two attached hydrogens (primary N) is 1. The summed E-state index contributed by atoms with van der Waals surface area (Å²) in [6.45, 7) is 6.91. The molecule has 17 heavy (non-hydrogen) atoms. The second kappa shape index (κ2) is 8.13. The summed E-state index contributed by atoms with van der Waals surface area (Å²) in [6, 6.07) is 0.460. The van der Waals surface area contributed by atoms with E-state index in [0.717, 1.165) is 17.8 Å². The quantitative estimate of drug-likeness (QED) is 0.682. The average Bonchev–Trinajstić information content (AvgIpc) is 2.36. The van der Waals surface area contributed by atoms with Gasteiger partial charge in [0, 0.05) is 6.04 Å². The lowest BCUT2D eigenvalue weighted by Gasteiger charge is -2.35. The summed E-state index contributed by atoms with van der Waals surface area (Å²) < 4.78 is 0. The van der Waals surface area contributed by atoms with Crippen LogP contribution < -0.4 is 5.73 Å². The van der Waals surface area contributed by atoms with Crippen molar-refractivity contribution < 1.29 is 0 Å². The van der Waals surface area contributed by atoms with Crippen molar-refractivity contribution in [2.75, 3.05) is 0 Å². The van der Waals surface area contributed by atoms with Crippen LogP contribution in [0.4, 0.5) is 0 Å². The Kier molecular flexibility index (Phi) is 7.18. The predicted octanol–water partition coefficient (Wildman–Crippen LogP) is 4.75. The normalized spacial score (nSPS) is 28.9. The van der Waals surface area contributed by atoms with Crippen LogP contribution in [-0.2, 0) is 0 Å². The zero-order valence-electron chi connectivity index (χ0n) is 12.3. The zero-order chi connectivity index (χ0) is 12.7. The lowest BCUT2D eigenvalue weighted by Crippen LogP contribution is -2.38. The molecule has 0 radical (unpaired) electrons. The van der Waals surface area contributed by atoms with Crippen molar-refractivity contribution in [2.24, 2.45) is 23.5 Å². The maximum absolute atomic E-state index is 6.42. The molecular formula is C16H33N. The van der Waals surface area contributed by atoms with E-state index in [1.165, 1.54) is 57.8 Å². The third-order valence-electron chi connectivity index (χ3n) is 4.80. The fourth-order valence-corrected chi connectivity index (χ4v) is 3.47. The maximum atomic E-state index is 6.42. The largest absolute Gasteiger partial charge is 0.327 e. The SMILES string of the molecule is CCCCC1CCC(C(N)C(C)CCC)CC1. The Balaban J connectivity index is 2.25. The molecule has 0 bridgehead atoms. The molecule has 0 aromatic heterocycles. The van der Waals surface area contributed by atoms with Gasteiger partial charge < -0.3 is 5.73 Å². The van der Waals surface area contributed by atoms with E-state index in [9.17, 15) is 0 Å². The molecule has 2 atom stereocenters. The molecule has 102 valence electrons. The van der Waals surface area contributed by atoms with E-state index in [4.69, 9.17) is 5.73 Å². The van der Waals surface area contributed by atoms with Crippen LogP contribution in [0.15, 0.2) is 0 Å². The molecular weight excluding hydrogens is 206 g/mol. The van der Waals surface area contributed by atoms with Crippen LogP contribution in [0.5, 0.6) is 0 Å². The van der Waals surface area contributed by atoms with Gasteiger partial charge in [-0.05, 0) is 37.0 Å². The van der Waals surface area contributed by atoms with Gasteiger partial charge in [-0.3, -0.25) is 0 Å². The minimum absolute atomic E-state index is 0.460. The molecule has 1 saturated carbocycles. The van der Waals surface area contributed by atoms with Crippen molar-refractivity contribution >= 4 is 0 Å². The molecule has 0 heterocycles. The molecule has 0 spiro atoms. The van der Waals surface area contributed by atoms with E-state index in [-0.39, 0.29) is 0 Å². The van der Waals surface area contributed by atoms with Gasteiger partial charge in [-0.2, -0.15) is 0 Å². The molecule has 1 aliphatic carbocycles. The number of unbranched alkanes of at least 4 members (excludes halogenated alkanes) is 1. The summed E-state index contributed by atoms with van der Waals surface area (Å²) in [5.74, 6) is 2.55. The second-order valence-corrected chi connectivity index (χ2v) is 6.27. The number of hydrogen-bond acceptors (Lipinski definition) is 1. The van der Waals surface area contributed by atoms with Gasteiger partial charge in [0.05, 0.1) is 0 Å². The first kappa shape index (κ1) is 15.0. The Bertz CT molecular complexity index is 182. The molecule has 0 amide bonds. The van der Waals surface area contributed by atoms with Crippen LogP contribution in [0.2, 0.25) is 0 Å². The van der Waals surface area contributed by atoms with E-state index in [0.29, 0.717) is 6.04 Å². The lowest BCUT2D eigenvalue weighted by atomic mass is 9.74. The standard InChI is InChI=1S/C16H33N/c1-4-6-8-14-9-11-15(12-10-14)16(17)13(3)7-5-2/h13-16H,4-12,17H2,1-3H3. The van der Waals surface area contributed by atoms with Gasteiger partial charge in [0.25, 0.3) is 0 Å². The minimum atomic E-state index is 0.460. The van der Waals surface area contributed by atoms with Gasteiger partial charge in [0.1, 0.15) is 0 Å². The first-order valence-corrected chi connectivity index (χ1v) is 7.94. The maximum Gasteiger partial charge on any atom is 0.00929 e. The summed E-state index contributed by atoms with van der Waals surface area (Å²) in [4.78, 5) is 0. The van der Waals surface area contributed by atoms with Crippen molar-refractivity contribution in [1.29, 1.82) is 0 Å². The van der Waals surface area contributed by atoms with Gasteiger partial charge in [-0.1, -0.05) is 59.3 Å². The molecule has 1 nitrogen and oxygen atoms in total. The summed E-state index contributed by atoms with van der Waals surface area (Å²) in [7, 11) is 0. The Morgan fingerprint density at radius 1 is 1.06 bits per heavy atom. The highest BCUT2D eigenvalue weighted by molar-refractivity contribution is 4.82. The van der Waals surface area contributed by atoms with Crippen molar-refractivity contribution in [3.05, 3.63) is 0 Å². The van der Waals surface area contributed by atoms with Gasteiger partial charge in [0.15, 0.2) is 0 Å². The zero-order valence-corrected chi connectivity index (χ0v) is 12.3. The Morgan fingerprint density at radius 3 is 2.24 bits per heavy atom. The minimum Gasteiger partial charge on any atom is -0.327 e. The van der Waals surface area contributed by atoms with E-state index < -0.39 is 0 Å². The monoisotopic (exact) mass is 239 g/mol. The fraction of sp³-hybridized carbons (Fsp3) is 1.00. The van der Waals surface area contributed by atoms with Crippen LogP contribution in [0.1, 0.15) is 78.6 Å². The summed E-state index contributed by atoms with van der Waals surface area (Å²) in [5, 5.41) is 0. The molecule has 0 aromatic rings.